The van der Waals surface area contributed by atoms with Crippen LogP contribution in [0.15, 0.2) is 36.4 Å². The molecule has 2 aromatic rings. The van der Waals surface area contributed by atoms with Crippen LogP contribution in [0.5, 0.6) is 0 Å². The maximum Gasteiger partial charge on any atom is 0.340 e. The van der Waals surface area contributed by atoms with E-state index in [1.165, 1.54) is 31.2 Å². The van der Waals surface area contributed by atoms with Gasteiger partial charge in [-0.2, -0.15) is 0 Å². The first kappa shape index (κ1) is 18.5. The van der Waals surface area contributed by atoms with Crippen molar-refractivity contribution >= 4 is 52.4 Å². The van der Waals surface area contributed by atoms with Crippen molar-refractivity contribution in [2.24, 2.45) is 0 Å². The molecule has 1 unspecified atom stereocenters. The fraction of sp³-hybridized carbons (Fsp3) is 0.125. The van der Waals surface area contributed by atoms with Crippen LogP contribution in [0.3, 0.4) is 0 Å². The highest BCUT2D eigenvalue weighted by Gasteiger charge is 2.21. The van der Waals surface area contributed by atoms with E-state index in [-0.39, 0.29) is 21.3 Å². The van der Waals surface area contributed by atoms with Gasteiger partial charge in [-0.3, -0.25) is 4.79 Å². The number of nitrogens with one attached hydrogen (secondary N) is 1. The van der Waals surface area contributed by atoms with Gasteiger partial charge in [0.15, 0.2) is 6.10 Å². The van der Waals surface area contributed by atoms with Crippen LogP contribution < -0.4 is 5.32 Å². The van der Waals surface area contributed by atoms with Crippen molar-refractivity contribution in [1.82, 2.24) is 0 Å². The van der Waals surface area contributed by atoms with Gasteiger partial charge in [0, 0.05) is 5.02 Å². The largest absolute Gasteiger partial charge is 0.449 e. The molecule has 0 aliphatic carbocycles. The third-order valence-corrected chi connectivity index (χ3v) is 3.85. The molecule has 4 nitrogen and oxygen atoms in total. The molecule has 126 valence electrons. The minimum Gasteiger partial charge on any atom is -0.449 e. The van der Waals surface area contributed by atoms with Crippen molar-refractivity contribution in [3.63, 3.8) is 0 Å². The van der Waals surface area contributed by atoms with Gasteiger partial charge in [-0.1, -0.05) is 34.8 Å². The Morgan fingerprint density at radius 1 is 1.08 bits per heavy atom. The van der Waals surface area contributed by atoms with Gasteiger partial charge in [0.05, 0.1) is 21.3 Å². The lowest BCUT2D eigenvalue weighted by atomic mass is 10.2. The van der Waals surface area contributed by atoms with E-state index in [1.807, 2.05) is 0 Å². The van der Waals surface area contributed by atoms with Crippen molar-refractivity contribution in [2.75, 3.05) is 5.32 Å². The molecule has 0 bridgehead atoms. The van der Waals surface area contributed by atoms with E-state index in [2.05, 4.69) is 5.32 Å². The van der Waals surface area contributed by atoms with Crippen molar-refractivity contribution in [1.29, 1.82) is 0 Å². The van der Waals surface area contributed by atoms with Gasteiger partial charge in [0.25, 0.3) is 5.91 Å². The van der Waals surface area contributed by atoms with Crippen LogP contribution in [0, 0.1) is 5.82 Å². The van der Waals surface area contributed by atoms with E-state index < -0.39 is 23.8 Å². The number of ether oxygens (including phenoxy) is 1. The number of hydrogen-bond donors (Lipinski definition) is 1. The lowest BCUT2D eigenvalue weighted by Crippen LogP contribution is -2.30. The first-order valence-electron chi connectivity index (χ1n) is 6.70. The fourth-order valence-electron chi connectivity index (χ4n) is 1.76. The van der Waals surface area contributed by atoms with E-state index in [0.29, 0.717) is 5.02 Å². The molecular weight excluding hydrogens is 380 g/mol. The zero-order chi connectivity index (χ0) is 17.9. The topological polar surface area (TPSA) is 55.4 Å². The summed E-state index contributed by atoms with van der Waals surface area (Å²) in [4.78, 5) is 24.1. The summed E-state index contributed by atoms with van der Waals surface area (Å²) in [5.74, 6) is -1.93. The van der Waals surface area contributed by atoms with Crippen LogP contribution >= 0.6 is 34.8 Å². The summed E-state index contributed by atoms with van der Waals surface area (Å²) in [5.41, 5.74) is 0.288. The Morgan fingerprint density at radius 2 is 1.79 bits per heavy atom. The molecule has 0 heterocycles. The third-order valence-electron chi connectivity index (χ3n) is 2.99. The van der Waals surface area contributed by atoms with Crippen LogP contribution in [0.2, 0.25) is 15.1 Å². The number of benzene rings is 2. The summed E-state index contributed by atoms with van der Waals surface area (Å²) in [7, 11) is 0. The molecule has 0 saturated heterocycles. The minimum atomic E-state index is -1.12. The number of carbonyl (C=O) groups is 2. The minimum absolute atomic E-state index is 0.0302. The van der Waals surface area contributed by atoms with Crippen LogP contribution in [0.25, 0.3) is 0 Å². The Kier molecular flexibility index (Phi) is 6.04. The van der Waals surface area contributed by atoms with Crippen LogP contribution in [0.4, 0.5) is 10.1 Å². The second-order valence-corrected chi connectivity index (χ2v) is 6.04. The molecule has 0 saturated carbocycles. The second kappa shape index (κ2) is 7.83. The van der Waals surface area contributed by atoms with Gasteiger partial charge in [-0.15, -0.1) is 0 Å². The Bertz CT molecular complexity index is 798. The monoisotopic (exact) mass is 389 g/mol. The van der Waals surface area contributed by atoms with E-state index in [0.717, 1.165) is 12.1 Å². The number of esters is 1. The lowest BCUT2D eigenvalue weighted by molar-refractivity contribution is -0.123. The highest BCUT2D eigenvalue weighted by Crippen LogP contribution is 2.24. The van der Waals surface area contributed by atoms with Crippen LogP contribution in [-0.4, -0.2) is 18.0 Å². The summed E-state index contributed by atoms with van der Waals surface area (Å²) >= 11 is 17.5. The van der Waals surface area contributed by atoms with Gasteiger partial charge < -0.3 is 10.1 Å². The molecule has 0 aliphatic heterocycles. The maximum absolute atomic E-state index is 13.0. The predicted molar refractivity (Wildman–Crippen MR) is 91.4 cm³/mol. The van der Waals surface area contributed by atoms with Crippen LogP contribution in [-0.2, 0) is 9.53 Å². The molecule has 2 rings (SSSR count). The molecule has 24 heavy (non-hydrogen) atoms. The summed E-state index contributed by atoms with van der Waals surface area (Å²) in [6.07, 6.45) is -1.12. The van der Waals surface area contributed by atoms with Crippen LogP contribution in [0.1, 0.15) is 17.3 Å². The average molecular weight is 391 g/mol. The van der Waals surface area contributed by atoms with Crippen molar-refractivity contribution in [3.8, 4) is 0 Å². The van der Waals surface area contributed by atoms with Crippen molar-refractivity contribution in [2.45, 2.75) is 13.0 Å². The van der Waals surface area contributed by atoms with E-state index in [4.69, 9.17) is 39.5 Å². The smallest absolute Gasteiger partial charge is 0.340 e. The number of rotatable bonds is 4. The zero-order valence-electron chi connectivity index (χ0n) is 12.3. The normalized spacial score (nSPS) is 11.7. The fourth-order valence-corrected chi connectivity index (χ4v) is 2.46. The summed E-state index contributed by atoms with van der Waals surface area (Å²) in [5, 5.41) is 2.96. The number of carbonyl (C=O) groups excluding carboxylic acids is 2. The lowest BCUT2D eigenvalue weighted by Gasteiger charge is -2.14. The quantitative estimate of drug-likeness (QED) is 0.750. The van der Waals surface area contributed by atoms with E-state index >= 15 is 0 Å². The molecule has 0 fully saturated rings. The van der Waals surface area contributed by atoms with Gasteiger partial charge in [-0.25, -0.2) is 9.18 Å². The number of halogens is 4. The molecule has 0 radical (unpaired) electrons. The zero-order valence-corrected chi connectivity index (χ0v) is 14.5. The Labute approximate surface area is 152 Å². The first-order chi connectivity index (χ1) is 11.3. The average Bonchev–Trinajstić information content (AvgIpc) is 2.49. The van der Waals surface area contributed by atoms with Crippen molar-refractivity contribution in [3.05, 3.63) is 62.8 Å². The molecule has 2 aromatic carbocycles. The Balaban J connectivity index is 2.04. The van der Waals surface area contributed by atoms with Gasteiger partial charge >= 0.3 is 5.97 Å². The van der Waals surface area contributed by atoms with E-state index in [9.17, 15) is 14.0 Å². The predicted octanol–water partition coefficient (Wildman–Crippen LogP) is 4.97. The summed E-state index contributed by atoms with van der Waals surface area (Å²) in [6.45, 7) is 1.38. The standard InChI is InChI=1S/C16H11Cl3FNO3/c1-8(15(22)21-14-5-3-10(20)7-13(14)19)24-16(23)11-4-2-9(17)6-12(11)18/h2-8H,1H3,(H,21,22). The molecule has 8 heteroatoms. The Hall–Kier alpha value is -1.82. The van der Waals surface area contributed by atoms with Gasteiger partial charge in [0.1, 0.15) is 5.82 Å². The van der Waals surface area contributed by atoms with Gasteiger partial charge in [0.2, 0.25) is 0 Å². The number of hydrogen-bond acceptors (Lipinski definition) is 3. The first-order valence-corrected chi connectivity index (χ1v) is 7.83. The Morgan fingerprint density at radius 3 is 2.42 bits per heavy atom. The van der Waals surface area contributed by atoms with Crippen molar-refractivity contribution < 1.29 is 18.7 Å². The highest BCUT2D eigenvalue weighted by molar-refractivity contribution is 6.36. The number of anilines is 1. The molecule has 0 spiro atoms. The van der Waals surface area contributed by atoms with E-state index in [1.54, 1.807) is 0 Å². The SMILES string of the molecule is CC(OC(=O)c1ccc(Cl)cc1Cl)C(=O)Nc1ccc(F)cc1Cl. The summed E-state index contributed by atoms with van der Waals surface area (Å²) < 4.78 is 18.0. The summed E-state index contributed by atoms with van der Waals surface area (Å²) in [6, 6.07) is 7.78. The number of amides is 1. The highest BCUT2D eigenvalue weighted by atomic mass is 35.5. The third kappa shape index (κ3) is 4.60. The molecular formula is C16H11Cl3FNO3. The maximum atomic E-state index is 13.0. The molecule has 1 atom stereocenters. The molecule has 0 aliphatic rings. The molecule has 1 N–H and O–H groups in total. The second-order valence-electron chi connectivity index (χ2n) is 4.79. The van der Waals surface area contributed by atoms with Gasteiger partial charge in [-0.05, 0) is 43.3 Å². The molecule has 0 aromatic heterocycles. The molecule has 1 amide bonds.